The van der Waals surface area contributed by atoms with Crippen LogP contribution in [0.5, 0.6) is 0 Å². The van der Waals surface area contributed by atoms with Crippen LogP contribution in [-0.2, 0) is 0 Å². The number of nitrogens with zero attached hydrogens (tertiary/aromatic N) is 4. The summed E-state index contributed by atoms with van der Waals surface area (Å²) in [6.07, 6.45) is 3.08. The molecule has 2 heterocycles. The SMILES string of the molecule is Cc1cc(Sc2ncnc3nc[nH]c23)ccc1/C(N)=N/O. The summed E-state index contributed by atoms with van der Waals surface area (Å²) in [5.41, 5.74) is 8.69. The zero-order chi connectivity index (χ0) is 14.8. The van der Waals surface area contributed by atoms with Crippen LogP contribution in [0.25, 0.3) is 11.2 Å². The van der Waals surface area contributed by atoms with E-state index in [-0.39, 0.29) is 5.84 Å². The minimum atomic E-state index is 0.0991. The van der Waals surface area contributed by atoms with Gasteiger partial charge < -0.3 is 15.9 Å². The van der Waals surface area contributed by atoms with Crippen LogP contribution in [0.3, 0.4) is 0 Å². The predicted octanol–water partition coefficient (Wildman–Crippen LogP) is 1.91. The van der Waals surface area contributed by atoms with Crippen LogP contribution in [0.4, 0.5) is 0 Å². The molecule has 0 saturated carbocycles. The van der Waals surface area contributed by atoms with Gasteiger partial charge in [0.15, 0.2) is 11.5 Å². The maximum Gasteiger partial charge on any atom is 0.181 e. The molecule has 0 radical (unpaired) electrons. The van der Waals surface area contributed by atoms with Gasteiger partial charge in [0.2, 0.25) is 0 Å². The highest BCUT2D eigenvalue weighted by atomic mass is 32.2. The Morgan fingerprint density at radius 3 is 2.95 bits per heavy atom. The number of fused-ring (bicyclic) bond motifs is 1. The molecule has 8 heteroatoms. The van der Waals surface area contributed by atoms with E-state index in [0.29, 0.717) is 11.2 Å². The summed E-state index contributed by atoms with van der Waals surface area (Å²) in [5, 5.41) is 12.6. The Labute approximate surface area is 124 Å². The minimum absolute atomic E-state index is 0.0991. The first-order valence-electron chi connectivity index (χ1n) is 6.09. The van der Waals surface area contributed by atoms with E-state index in [1.165, 1.54) is 18.1 Å². The van der Waals surface area contributed by atoms with Crippen LogP contribution in [-0.4, -0.2) is 31.0 Å². The summed E-state index contributed by atoms with van der Waals surface area (Å²) >= 11 is 1.50. The van der Waals surface area contributed by atoms with Gasteiger partial charge in [0.25, 0.3) is 0 Å². The topological polar surface area (TPSA) is 113 Å². The molecular weight excluding hydrogens is 288 g/mol. The monoisotopic (exact) mass is 300 g/mol. The van der Waals surface area contributed by atoms with Crippen molar-refractivity contribution in [2.75, 3.05) is 0 Å². The third-order valence-corrected chi connectivity index (χ3v) is 3.98. The van der Waals surface area contributed by atoms with Crippen LogP contribution in [0.1, 0.15) is 11.1 Å². The van der Waals surface area contributed by atoms with Gasteiger partial charge in [-0.05, 0) is 30.7 Å². The number of H-pyrrole nitrogens is 1. The number of hydrogen-bond acceptors (Lipinski definition) is 6. The highest BCUT2D eigenvalue weighted by Crippen LogP contribution is 2.30. The van der Waals surface area contributed by atoms with Crippen molar-refractivity contribution in [1.82, 2.24) is 19.9 Å². The largest absolute Gasteiger partial charge is 0.409 e. The van der Waals surface area contributed by atoms with Gasteiger partial charge in [0.05, 0.1) is 6.33 Å². The Morgan fingerprint density at radius 2 is 2.19 bits per heavy atom. The molecule has 0 saturated heterocycles. The van der Waals surface area contributed by atoms with Gasteiger partial charge in [0, 0.05) is 10.5 Å². The lowest BCUT2D eigenvalue weighted by Gasteiger charge is -2.07. The standard InChI is InChI=1S/C13H12N6OS/c1-7-4-8(2-3-9(7)11(14)19-20)21-13-10-12(16-5-15-10)17-6-18-13/h2-6,20H,1H3,(H2,14,19)(H,15,16,17,18). The summed E-state index contributed by atoms with van der Waals surface area (Å²) in [6.45, 7) is 1.91. The highest BCUT2D eigenvalue weighted by Gasteiger charge is 2.10. The first kappa shape index (κ1) is 13.4. The molecular formula is C13H12N6OS. The summed E-state index contributed by atoms with van der Waals surface area (Å²) in [7, 11) is 0. The van der Waals surface area contributed by atoms with Crippen LogP contribution in [0.2, 0.25) is 0 Å². The second-order valence-corrected chi connectivity index (χ2v) is 5.41. The molecule has 0 spiro atoms. The number of aryl methyl sites for hydroxylation is 1. The van der Waals surface area contributed by atoms with Crippen LogP contribution in [0, 0.1) is 6.92 Å². The van der Waals surface area contributed by atoms with Gasteiger partial charge in [-0.1, -0.05) is 16.9 Å². The van der Waals surface area contributed by atoms with Gasteiger partial charge in [-0.15, -0.1) is 0 Å². The molecule has 3 aromatic rings. The summed E-state index contributed by atoms with van der Waals surface area (Å²) < 4.78 is 0. The number of imidazole rings is 1. The number of aromatic amines is 1. The normalized spacial score (nSPS) is 12.0. The summed E-state index contributed by atoms with van der Waals surface area (Å²) in [6, 6.07) is 5.68. The van der Waals surface area contributed by atoms with E-state index in [4.69, 9.17) is 10.9 Å². The number of rotatable bonds is 3. The minimum Gasteiger partial charge on any atom is -0.409 e. The molecule has 1 aromatic carbocycles. The lowest BCUT2D eigenvalue weighted by molar-refractivity contribution is 0.318. The van der Waals surface area contributed by atoms with Crippen molar-refractivity contribution >= 4 is 28.8 Å². The van der Waals surface area contributed by atoms with Crippen molar-refractivity contribution in [1.29, 1.82) is 0 Å². The molecule has 21 heavy (non-hydrogen) atoms. The maximum atomic E-state index is 8.74. The Hall–Kier alpha value is -2.61. The molecule has 3 rings (SSSR count). The molecule has 4 N–H and O–H groups in total. The van der Waals surface area contributed by atoms with Gasteiger partial charge in [-0.3, -0.25) is 0 Å². The van der Waals surface area contributed by atoms with Crippen LogP contribution >= 0.6 is 11.8 Å². The zero-order valence-electron chi connectivity index (χ0n) is 11.1. The highest BCUT2D eigenvalue weighted by molar-refractivity contribution is 7.99. The van der Waals surface area contributed by atoms with Gasteiger partial charge in [-0.25, -0.2) is 15.0 Å². The predicted molar refractivity (Wildman–Crippen MR) is 79.5 cm³/mol. The van der Waals surface area contributed by atoms with Crippen molar-refractivity contribution in [2.45, 2.75) is 16.8 Å². The van der Waals surface area contributed by atoms with E-state index >= 15 is 0 Å². The third kappa shape index (κ3) is 2.52. The Balaban J connectivity index is 1.95. The number of benzene rings is 1. The molecule has 0 atom stereocenters. The number of amidine groups is 1. The molecule has 0 aliphatic carbocycles. The fourth-order valence-corrected chi connectivity index (χ4v) is 2.92. The average Bonchev–Trinajstić information content (AvgIpc) is 2.96. The Morgan fingerprint density at radius 1 is 1.33 bits per heavy atom. The Bertz CT molecular complexity index is 828. The lowest BCUT2D eigenvalue weighted by atomic mass is 10.1. The fourth-order valence-electron chi connectivity index (χ4n) is 1.97. The number of hydrogen-bond donors (Lipinski definition) is 3. The molecule has 2 aromatic heterocycles. The fraction of sp³-hybridized carbons (Fsp3) is 0.0769. The van der Waals surface area contributed by atoms with E-state index in [0.717, 1.165) is 21.0 Å². The van der Waals surface area contributed by atoms with E-state index in [9.17, 15) is 0 Å². The van der Waals surface area contributed by atoms with E-state index in [2.05, 4.69) is 25.1 Å². The van der Waals surface area contributed by atoms with Gasteiger partial charge in [-0.2, -0.15) is 0 Å². The van der Waals surface area contributed by atoms with E-state index in [1.807, 2.05) is 25.1 Å². The molecule has 106 valence electrons. The first-order valence-corrected chi connectivity index (χ1v) is 6.91. The lowest BCUT2D eigenvalue weighted by Crippen LogP contribution is -2.14. The van der Waals surface area contributed by atoms with Gasteiger partial charge in [0.1, 0.15) is 16.9 Å². The molecule has 0 bridgehead atoms. The quantitative estimate of drug-likeness (QED) is 0.224. The summed E-state index contributed by atoms with van der Waals surface area (Å²) in [5.74, 6) is 0.0991. The maximum absolute atomic E-state index is 8.74. The van der Waals surface area contributed by atoms with E-state index < -0.39 is 0 Å². The Kier molecular flexibility index (Phi) is 3.44. The first-order chi connectivity index (χ1) is 10.2. The van der Waals surface area contributed by atoms with E-state index in [1.54, 1.807) is 6.33 Å². The van der Waals surface area contributed by atoms with Crippen molar-refractivity contribution in [3.63, 3.8) is 0 Å². The van der Waals surface area contributed by atoms with Crippen molar-refractivity contribution in [2.24, 2.45) is 10.9 Å². The van der Waals surface area contributed by atoms with Crippen molar-refractivity contribution in [3.05, 3.63) is 42.0 Å². The molecule has 0 unspecified atom stereocenters. The second kappa shape index (κ2) is 5.41. The molecule has 7 nitrogen and oxygen atoms in total. The number of aromatic nitrogens is 4. The van der Waals surface area contributed by atoms with Crippen LogP contribution < -0.4 is 5.73 Å². The second-order valence-electron chi connectivity index (χ2n) is 4.34. The number of nitrogens with one attached hydrogen (secondary N) is 1. The molecule has 0 aliphatic heterocycles. The number of nitrogens with two attached hydrogens (primary N) is 1. The van der Waals surface area contributed by atoms with Gasteiger partial charge >= 0.3 is 0 Å². The average molecular weight is 300 g/mol. The smallest absolute Gasteiger partial charge is 0.181 e. The number of oxime groups is 1. The molecule has 0 fully saturated rings. The summed E-state index contributed by atoms with van der Waals surface area (Å²) in [4.78, 5) is 16.5. The zero-order valence-corrected chi connectivity index (χ0v) is 11.9. The third-order valence-electron chi connectivity index (χ3n) is 2.98. The van der Waals surface area contributed by atoms with Crippen molar-refractivity contribution < 1.29 is 5.21 Å². The molecule has 0 aliphatic rings. The molecule has 0 amide bonds. The van der Waals surface area contributed by atoms with Crippen molar-refractivity contribution in [3.8, 4) is 0 Å². The van der Waals surface area contributed by atoms with Crippen LogP contribution in [0.15, 0.2) is 45.9 Å².